The van der Waals surface area contributed by atoms with Crippen molar-refractivity contribution < 1.29 is 36.0 Å². The summed E-state index contributed by atoms with van der Waals surface area (Å²) in [7, 11) is -1.44. The molecule has 0 N–H and O–H groups in total. The zero-order chi connectivity index (χ0) is 22.7. The molecule has 1 aliphatic heterocycles. The second kappa shape index (κ2) is 13.7. The Labute approximate surface area is 190 Å². The highest BCUT2D eigenvalue weighted by Crippen LogP contribution is 2.40. The van der Waals surface area contributed by atoms with Crippen LogP contribution in [0.2, 0.25) is 5.16 Å². The average Bonchev–Trinajstić information content (AvgIpc) is 3.63. The standard InChI is InChI=1S/C21H44O8Si2/c1-7-27-31(28-8-2,29-9-3)20(30(22-4,23-5)24-6)15-16-25-21(19-17-26-19)18-13-11-10-12-14-18/h18-21H,7-17H2,1-6H3. The molecule has 0 spiro atoms. The second-order valence-electron chi connectivity index (χ2n) is 8.07. The molecule has 2 fully saturated rings. The van der Waals surface area contributed by atoms with Crippen LogP contribution >= 0.6 is 0 Å². The first-order chi connectivity index (χ1) is 15.1. The van der Waals surface area contributed by atoms with Crippen LogP contribution in [0.4, 0.5) is 0 Å². The van der Waals surface area contributed by atoms with Gasteiger partial charge >= 0.3 is 17.6 Å². The molecule has 31 heavy (non-hydrogen) atoms. The Morgan fingerprint density at radius 3 is 1.74 bits per heavy atom. The van der Waals surface area contributed by atoms with Crippen molar-refractivity contribution in [3.8, 4) is 0 Å². The van der Waals surface area contributed by atoms with Crippen LogP contribution in [0.15, 0.2) is 0 Å². The SMILES string of the molecule is CCO[Si](OCC)(OCC)C(CCOC(C1CCCCC1)C1CO1)[Si](OC)(OC)OC. The van der Waals surface area contributed by atoms with Gasteiger partial charge in [-0.15, -0.1) is 0 Å². The fourth-order valence-electron chi connectivity index (χ4n) is 4.85. The molecule has 0 aromatic carbocycles. The van der Waals surface area contributed by atoms with Gasteiger partial charge in [-0.05, 0) is 46.0 Å². The van der Waals surface area contributed by atoms with E-state index >= 15 is 0 Å². The van der Waals surface area contributed by atoms with Gasteiger partial charge in [-0.1, -0.05) is 19.3 Å². The third kappa shape index (κ3) is 7.05. The lowest BCUT2D eigenvalue weighted by molar-refractivity contribution is -0.0225. The van der Waals surface area contributed by atoms with Crippen LogP contribution < -0.4 is 0 Å². The zero-order valence-electron chi connectivity index (χ0n) is 20.4. The third-order valence-corrected chi connectivity index (χ3v) is 14.5. The van der Waals surface area contributed by atoms with E-state index in [0.717, 1.165) is 6.61 Å². The molecule has 3 unspecified atom stereocenters. The maximum absolute atomic E-state index is 6.48. The van der Waals surface area contributed by atoms with Crippen molar-refractivity contribution in [2.75, 3.05) is 54.4 Å². The Morgan fingerprint density at radius 1 is 0.806 bits per heavy atom. The van der Waals surface area contributed by atoms with Gasteiger partial charge in [-0.3, -0.25) is 0 Å². The van der Waals surface area contributed by atoms with Gasteiger partial charge in [0.15, 0.2) is 0 Å². The molecule has 0 aromatic rings. The van der Waals surface area contributed by atoms with E-state index < -0.39 is 17.6 Å². The van der Waals surface area contributed by atoms with Crippen LogP contribution in [0.3, 0.4) is 0 Å². The lowest BCUT2D eigenvalue weighted by atomic mass is 9.84. The molecule has 0 bridgehead atoms. The predicted molar refractivity (Wildman–Crippen MR) is 122 cm³/mol. The predicted octanol–water partition coefficient (Wildman–Crippen LogP) is 3.58. The van der Waals surface area contributed by atoms with E-state index in [1.807, 2.05) is 20.8 Å². The first-order valence-corrected chi connectivity index (χ1v) is 15.5. The third-order valence-electron chi connectivity index (χ3n) is 6.30. The monoisotopic (exact) mass is 480 g/mol. The molecule has 0 radical (unpaired) electrons. The Balaban J connectivity index is 2.20. The molecule has 2 aliphatic rings. The highest BCUT2D eigenvalue weighted by atomic mass is 28.5. The Hall–Kier alpha value is 0.114. The van der Waals surface area contributed by atoms with Crippen LogP contribution in [0, 0.1) is 5.92 Å². The molecular weight excluding hydrogens is 436 g/mol. The van der Waals surface area contributed by atoms with E-state index in [9.17, 15) is 0 Å². The summed E-state index contributed by atoms with van der Waals surface area (Å²) in [5.74, 6) is 0.571. The molecule has 0 amide bonds. The maximum atomic E-state index is 6.48. The van der Waals surface area contributed by atoms with E-state index in [1.54, 1.807) is 21.3 Å². The van der Waals surface area contributed by atoms with Gasteiger partial charge in [-0.2, -0.15) is 0 Å². The maximum Gasteiger partial charge on any atom is 0.508 e. The van der Waals surface area contributed by atoms with E-state index in [2.05, 4.69) is 0 Å². The summed E-state index contributed by atoms with van der Waals surface area (Å²) in [4.78, 5) is 0. The number of rotatable bonds is 17. The van der Waals surface area contributed by atoms with Crippen molar-refractivity contribution in [2.45, 2.75) is 76.7 Å². The number of ether oxygens (including phenoxy) is 2. The van der Waals surface area contributed by atoms with Crippen molar-refractivity contribution in [2.24, 2.45) is 5.92 Å². The van der Waals surface area contributed by atoms with Crippen LogP contribution in [0.5, 0.6) is 0 Å². The van der Waals surface area contributed by atoms with Crippen molar-refractivity contribution in [3.63, 3.8) is 0 Å². The first kappa shape index (κ1) is 27.4. The fraction of sp³-hybridized carbons (Fsp3) is 1.00. The van der Waals surface area contributed by atoms with Crippen molar-refractivity contribution in [1.29, 1.82) is 0 Å². The van der Waals surface area contributed by atoms with Gasteiger partial charge in [-0.25, -0.2) is 0 Å². The van der Waals surface area contributed by atoms with Crippen LogP contribution in [-0.4, -0.2) is 84.2 Å². The number of hydrogen-bond acceptors (Lipinski definition) is 8. The average molecular weight is 481 g/mol. The normalized spacial score (nSPS) is 22.5. The minimum atomic E-state index is -3.17. The molecule has 3 atom stereocenters. The van der Waals surface area contributed by atoms with Crippen molar-refractivity contribution in [1.82, 2.24) is 0 Å². The van der Waals surface area contributed by atoms with Gasteiger partial charge in [0.2, 0.25) is 0 Å². The molecule has 1 heterocycles. The Bertz CT molecular complexity index is 459. The minimum Gasteiger partial charge on any atom is -0.377 e. The summed E-state index contributed by atoms with van der Waals surface area (Å²) in [6.07, 6.45) is 7.31. The molecular formula is C21H44O8Si2. The molecule has 10 heteroatoms. The van der Waals surface area contributed by atoms with E-state index in [4.69, 9.17) is 36.0 Å². The van der Waals surface area contributed by atoms with Gasteiger partial charge in [0.25, 0.3) is 0 Å². The molecule has 1 saturated carbocycles. The largest absolute Gasteiger partial charge is 0.508 e. The number of epoxide rings is 1. The van der Waals surface area contributed by atoms with Gasteiger partial charge in [0.05, 0.1) is 12.7 Å². The van der Waals surface area contributed by atoms with E-state index in [0.29, 0.717) is 38.8 Å². The van der Waals surface area contributed by atoms with Crippen LogP contribution in [0.25, 0.3) is 0 Å². The highest BCUT2D eigenvalue weighted by molar-refractivity contribution is 6.82. The molecule has 8 nitrogen and oxygen atoms in total. The summed E-state index contributed by atoms with van der Waals surface area (Å²) in [5.41, 5.74) is 0. The zero-order valence-corrected chi connectivity index (χ0v) is 22.4. The molecule has 2 rings (SSSR count). The molecule has 184 valence electrons. The van der Waals surface area contributed by atoms with Crippen LogP contribution in [-0.2, 0) is 36.0 Å². The van der Waals surface area contributed by atoms with E-state index in [1.165, 1.54) is 32.1 Å². The Morgan fingerprint density at radius 2 is 1.32 bits per heavy atom. The summed E-state index contributed by atoms with van der Waals surface area (Å²) < 4.78 is 48.5. The topological polar surface area (TPSA) is 77.1 Å². The van der Waals surface area contributed by atoms with Crippen molar-refractivity contribution in [3.05, 3.63) is 0 Å². The quantitative estimate of drug-likeness (QED) is 0.231. The Kier molecular flexibility index (Phi) is 12.1. The van der Waals surface area contributed by atoms with Crippen LogP contribution in [0.1, 0.15) is 59.3 Å². The summed E-state index contributed by atoms with van der Waals surface area (Å²) >= 11 is 0. The number of hydrogen-bond donors (Lipinski definition) is 0. The lowest BCUT2D eigenvalue weighted by Gasteiger charge is -2.41. The van der Waals surface area contributed by atoms with Crippen molar-refractivity contribution >= 4 is 17.6 Å². The van der Waals surface area contributed by atoms with Gasteiger partial charge < -0.3 is 36.0 Å². The summed E-state index contributed by atoms with van der Waals surface area (Å²) in [6.45, 7) is 8.61. The molecule has 1 aliphatic carbocycles. The first-order valence-electron chi connectivity index (χ1n) is 11.9. The highest BCUT2D eigenvalue weighted by Gasteiger charge is 2.64. The lowest BCUT2D eigenvalue weighted by Crippen LogP contribution is -2.63. The fourth-order valence-corrected chi connectivity index (χ4v) is 12.8. The summed E-state index contributed by atoms with van der Waals surface area (Å²) in [6, 6.07) is 0. The van der Waals surface area contributed by atoms with E-state index in [-0.39, 0.29) is 17.4 Å². The molecule has 0 aromatic heterocycles. The van der Waals surface area contributed by atoms with Gasteiger partial charge in [0, 0.05) is 47.8 Å². The summed E-state index contributed by atoms with van der Waals surface area (Å²) in [5, 5.41) is -0.285. The second-order valence-corrected chi connectivity index (χ2v) is 14.5. The van der Waals surface area contributed by atoms with Gasteiger partial charge in [0.1, 0.15) is 11.3 Å². The molecule has 1 saturated heterocycles. The minimum absolute atomic E-state index is 0.145. The smallest absolute Gasteiger partial charge is 0.377 e.